The van der Waals surface area contributed by atoms with E-state index >= 15 is 0 Å². The van der Waals surface area contributed by atoms with Crippen molar-refractivity contribution in [2.24, 2.45) is 0 Å². The van der Waals surface area contributed by atoms with Crippen molar-refractivity contribution in [3.8, 4) is 5.75 Å². The van der Waals surface area contributed by atoms with E-state index in [-0.39, 0.29) is 36.4 Å². The molecular formula is C33H36N4O4. The average molecular weight is 553 g/mol. The topological polar surface area (TPSA) is 91.0 Å². The van der Waals surface area contributed by atoms with E-state index in [4.69, 9.17) is 4.74 Å². The Kier molecular flexibility index (Phi) is 7.85. The maximum absolute atomic E-state index is 13.2. The predicted molar refractivity (Wildman–Crippen MR) is 155 cm³/mol. The number of carbonyl (C=O) groups excluding carboxylic acids is 3. The number of fused-ring (bicyclic) bond motifs is 1. The summed E-state index contributed by atoms with van der Waals surface area (Å²) in [5.41, 5.74) is 3.95. The second kappa shape index (κ2) is 11.8. The van der Waals surface area contributed by atoms with E-state index in [0.29, 0.717) is 24.3 Å². The highest BCUT2D eigenvalue weighted by Crippen LogP contribution is 2.32. The SMILES string of the molecule is C[C@@H](c1ccccc1)N1CC[C@@H](NCc2ccccc2)[C@H](Oc2ccc3c(c2)CN(C2CCC(=O)NC2=O)C3=O)C1. The fourth-order valence-corrected chi connectivity index (χ4v) is 6.23. The molecule has 3 aromatic carbocycles. The number of ether oxygens (including phenoxy) is 1. The zero-order valence-corrected chi connectivity index (χ0v) is 23.3. The van der Waals surface area contributed by atoms with Crippen molar-refractivity contribution in [3.63, 3.8) is 0 Å². The van der Waals surface area contributed by atoms with E-state index in [0.717, 1.165) is 31.6 Å². The molecule has 0 aliphatic carbocycles. The van der Waals surface area contributed by atoms with Crippen LogP contribution in [0, 0.1) is 0 Å². The predicted octanol–water partition coefficient (Wildman–Crippen LogP) is 3.82. The molecule has 1 unspecified atom stereocenters. The molecule has 0 saturated carbocycles. The molecule has 41 heavy (non-hydrogen) atoms. The number of hydrogen-bond acceptors (Lipinski definition) is 6. The molecule has 212 valence electrons. The van der Waals surface area contributed by atoms with Crippen LogP contribution >= 0.6 is 0 Å². The van der Waals surface area contributed by atoms with Gasteiger partial charge in [0.2, 0.25) is 11.8 Å². The molecule has 3 heterocycles. The van der Waals surface area contributed by atoms with Gasteiger partial charge in [-0.05, 0) is 54.7 Å². The van der Waals surface area contributed by atoms with Gasteiger partial charge in [0.15, 0.2) is 0 Å². The van der Waals surface area contributed by atoms with Gasteiger partial charge in [-0.2, -0.15) is 0 Å². The molecule has 2 saturated heterocycles. The molecule has 3 aromatic rings. The van der Waals surface area contributed by atoms with Crippen LogP contribution in [-0.2, 0) is 22.7 Å². The fraction of sp³-hybridized carbons (Fsp3) is 0.364. The number of carbonyl (C=O) groups is 3. The molecule has 3 aliphatic rings. The van der Waals surface area contributed by atoms with Gasteiger partial charge in [-0.1, -0.05) is 60.7 Å². The quantitative estimate of drug-likeness (QED) is 0.413. The van der Waals surface area contributed by atoms with Crippen LogP contribution in [-0.4, -0.2) is 58.8 Å². The Labute approximate surface area is 240 Å². The number of piperidine rings is 2. The summed E-state index contributed by atoms with van der Waals surface area (Å²) < 4.78 is 6.69. The molecule has 8 heteroatoms. The van der Waals surface area contributed by atoms with Crippen LogP contribution in [0.1, 0.15) is 59.3 Å². The summed E-state index contributed by atoms with van der Waals surface area (Å²) >= 11 is 0. The van der Waals surface area contributed by atoms with Gasteiger partial charge in [0.1, 0.15) is 17.9 Å². The molecule has 4 atom stereocenters. The summed E-state index contributed by atoms with van der Waals surface area (Å²) in [4.78, 5) is 41.3. The Morgan fingerprint density at radius 3 is 2.49 bits per heavy atom. The lowest BCUT2D eigenvalue weighted by Crippen LogP contribution is -2.55. The van der Waals surface area contributed by atoms with Crippen molar-refractivity contribution in [2.75, 3.05) is 13.1 Å². The van der Waals surface area contributed by atoms with Crippen molar-refractivity contribution in [1.82, 2.24) is 20.4 Å². The van der Waals surface area contributed by atoms with Crippen molar-refractivity contribution in [1.29, 1.82) is 0 Å². The minimum Gasteiger partial charge on any atom is -0.487 e. The Balaban J connectivity index is 1.19. The van der Waals surface area contributed by atoms with Crippen LogP contribution in [0.4, 0.5) is 0 Å². The van der Waals surface area contributed by atoms with E-state index < -0.39 is 11.9 Å². The lowest BCUT2D eigenvalue weighted by atomic mass is 9.97. The summed E-state index contributed by atoms with van der Waals surface area (Å²) in [7, 11) is 0. The second-order valence-corrected chi connectivity index (χ2v) is 11.2. The van der Waals surface area contributed by atoms with Crippen molar-refractivity contribution >= 4 is 17.7 Å². The Morgan fingerprint density at radius 1 is 0.976 bits per heavy atom. The number of amides is 3. The standard InChI is InChI=1S/C33H36N4O4/c1-22(24-10-6-3-7-11-24)36-17-16-28(34-19-23-8-4-2-5-9-23)30(21-36)41-26-12-13-27-25(18-26)20-37(33(27)40)29-14-15-31(38)35-32(29)39/h2-13,18,22,28-30,34H,14-17,19-21H2,1H3,(H,35,38,39)/t22-,28+,29?,30+/m0/s1. The number of nitrogens with zero attached hydrogens (tertiary/aromatic N) is 2. The van der Waals surface area contributed by atoms with Crippen LogP contribution < -0.4 is 15.4 Å². The molecule has 0 bridgehead atoms. The van der Waals surface area contributed by atoms with Crippen LogP contribution in [0.3, 0.4) is 0 Å². The maximum Gasteiger partial charge on any atom is 0.255 e. The molecule has 2 fully saturated rings. The van der Waals surface area contributed by atoms with Crippen LogP contribution in [0.2, 0.25) is 0 Å². The average Bonchev–Trinajstić information content (AvgIpc) is 3.32. The van der Waals surface area contributed by atoms with E-state index in [1.807, 2.05) is 24.3 Å². The highest BCUT2D eigenvalue weighted by molar-refractivity contribution is 6.05. The van der Waals surface area contributed by atoms with E-state index in [9.17, 15) is 14.4 Å². The normalized spacial score (nSPS) is 23.7. The zero-order valence-electron chi connectivity index (χ0n) is 23.3. The van der Waals surface area contributed by atoms with E-state index in [2.05, 4.69) is 71.0 Å². The van der Waals surface area contributed by atoms with Gasteiger partial charge in [-0.15, -0.1) is 0 Å². The van der Waals surface area contributed by atoms with Crippen molar-refractivity contribution in [2.45, 2.75) is 63.5 Å². The van der Waals surface area contributed by atoms with Crippen LogP contribution in [0.25, 0.3) is 0 Å². The van der Waals surface area contributed by atoms with Crippen LogP contribution in [0.15, 0.2) is 78.9 Å². The highest BCUT2D eigenvalue weighted by Gasteiger charge is 2.39. The smallest absolute Gasteiger partial charge is 0.255 e. The first-order chi connectivity index (χ1) is 20.0. The maximum atomic E-state index is 13.2. The first-order valence-corrected chi connectivity index (χ1v) is 14.5. The number of rotatable bonds is 8. The van der Waals surface area contributed by atoms with Gasteiger partial charge in [-0.25, -0.2) is 0 Å². The molecule has 0 aromatic heterocycles. The van der Waals surface area contributed by atoms with Crippen molar-refractivity contribution in [3.05, 3.63) is 101 Å². The molecule has 2 N–H and O–H groups in total. The summed E-state index contributed by atoms with van der Waals surface area (Å²) in [6.07, 6.45) is 1.43. The number of hydrogen-bond donors (Lipinski definition) is 2. The van der Waals surface area contributed by atoms with E-state index in [1.54, 1.807) is 11.0 Å². The minimum atomic E-state index is -0.630. The molecule has 8 nitrogen and oxygen atoms in total. The second-order valence-electron chi connectivity index (χ2n) is 11.2. The van der Waals surface area contributed by atoms with Gasteiger partial charge >= 0.3 is 0 Å². The summed E-state index contributed by atoms with van der Waals surface area (Å²) in [5, 5.41) is 6.10. The summed E-state index contributed by atoms with van der Waals surface area (Å²) in [6.45, 7) is 5.06. The van der Waals surface area contributed by atoms with Crippen molar-refractivity contribution < 1.29 is 19.1 Å². The van der Waals surface area contributed by atoms with Gasteiger partial charge in [-0.3, -0.25) is 24.6 Å². The number of nitrogens with one attached hydrogen (secondary N) is 2. The highest BCUT2D eigenvalue weighted by atomic mass is 16.5. The summed E-state index contributed by atoms with van der Waals surface area (Å²) in [5.74, 6) is -0.151. The van der Waals surface area contributed by atoms with E-state index in [1.165, 1.54) is 11.1 Å². The number of benzene rings is 3. The third-order valence-electron chi connectivity index (χ3n) is 8.61. The largest absolute Gasteiger partial charge is 0.487 e. The Morgan fingerprint density at radius 2 is 1.73 bits per heavy atom. The lowest BCUT2D eigenvalue weighted by molar-refractivity contribution is -0.136. The summed E-state index contributed by atoms with van der Waals surface area (Å²) in [6, 6.07) is 26.3. The zero-order chi connectivity index (χ0) is 28.3. The van der Waals surface area contributed by atoms with Gasteiger partial charge in [0.05, 0.1) is 0 Å². The fourth-order valence-electron chi connectivity index (χ4n) is 6.23. The van der Waals surface area contributed by atoms with Crippen LogP contribution in [0.5, 0.6) is 5.75 Å². The molecule has 6 rings (SSSR count). The lowest BCUT2D eigenvalue weighted by Gasteiger charge is -2.41. The monoisotopic (exact) mass is 552 g/mol. The Bertz CT molecular complexity index is 1410. The number of imide groups is 1. The number of likely N-dealkylation sites (tertiary alicyclic amines) is 1. The first kappa shape index (κ1) is 27.2. The van der Waals surface area contributed by atoms with Gasteiger partial charge in [0.25, 0.3) is 5.91 Å². The van der Waals surface area contributed by atoms with Gasteiger partial charge in [0, 0.05) is 50.2 Å². The molecule has 0 radical (unpaired) electrons. The molecular weight excluding hydrogens is 516 g/mol. The Hall–Kier alpha value is -4.01. The van der Waals surface area contributed by atoms with Gasteiger partial charge < -0.3 is 15.0 Å². The third kappa shape index (κ3) is 5.89. The third-order valence-corrected chi connectivity index (χ3v) is 8.61. The minimum absolute atomic E-state index is 0.0972. The first-order valence-electron chi connectivity index (χ1n) is 14.5. The molecule has 3 amide bonds. The molecule has 3 aliphatic heterocycles. The molecule has 0 spiro atoms.